The third-order valence-corrected chi connectivity index (χ3v) is 6.26. The minimum atomic E-state index is -0.644. The SMILES string of the molecule is COc1cc(C(=O)NCC(=O)Cc2cccc(-c3csc4c(F)cccc34)n2)ccc1OCC(N)=O. The number of amides is 2. The molecule has 0 bridgehead atoms. The van der Waals surface area contributed by atoms with E-state index in [0.29, 0.717) is 16.1 Å². The summed E-state index contributed by atoms with van der Waals surface area (Å²) in [4.78, 5) is 40.6. The summed E-state index contributed by atoms with van der Waals surface area (Å²) >= 11 is 1.30. The molecule has 8 nitrogen and oxygen atoms in total. The number of carbonyl (C=O) groups excluding carboxylic acids is 3. The maximum absolute atomic E-state index is 14.0. The second-order valence-corrected chi connectivity index (χ2v) is 8.68. The molecule has 36 heavy (non-hydrogen) atoms. The first kappa shape index (κ1) is 24.8. The van der Waals surface area contributed by atoms with Gasteiger partial charge in [0.05, 0.1) is 30.5 Å². The van der Waals surface area contributed by atoms with E-state index in [9.17, 15) is 18.8 Å². The topological polar surface area (TPSA) is 121 Å². The molecule has 2 aromatic carbocycles. The molecule has 184 valence electrons. The van der Waals surface area contributed by atoms with E-state index in [1.165, 1.54) is 42.7 Å². The summed E-state index contributed by atoms with van der Waals surface area (Å²) in [6.45, 7) is -0.523. The van der Waals surface area contributed by atoms with Crippen LogP contribution in [0.2, 0.25) is 0 Å². The minimum Gasteiger partial charge on any atom is -0.493 e. The Hall–Kier alpha value is -4.31. The first-order valence-electron chi connectivity index (χ1n) is 10.9. The molecule has 0 aliphatic heterocycles. The molecule has 0 aliphatic rings. The largest absolute Gasteiger partial charge is 0.493 e. The fourth-order valence-corrected chi connectivity index (χ4v) is 4.54. The lowest BCUT2D eigenvalue weighted by molar-refractivity contribution is -0.120. The molecule has 0 saturated carbocycles. The molecule has 0 unspecified atom stereocenters. The van der Waals surface area contributed by atoms with Crippen molar-refractivity contribution in [1.29, 1.82) is 0 Å². The van der Waals surface area contributed by atoms with Gasteiger partial charge in [-0.25, -0.2) is 4.39 Å². The van der Waals surface area contributed by atoms with Crippen molar-refractivity contribution in [3.05, 3.63) is 77.1 Å². The number of thiophene rings is 1. The number of nitrogens with one attached hydrogen (secondary N) is 1. The van der Waals surface area contributed by atoms with E-state index < -0.39 is 11.8 Å². The Kier molecular flexibility index (Phi) is 7.55. The molecule has 2 heterocycles. The first-order chi connectivity index (χ1) is 17.4. The van der Waals surface area contributed by atoms with Crippen molar-refractivity contribution in [2.24, 2.45) is 5.73 Å². The van der Waals surface area contributed by atoms with Gasteiger partial charge in [0.25, 0.3) is 11.8 Å². The van der Waals surface area contributed by atoms with E-state index in [-0.39, 0.29) is 48.2 Å². The molecule has 2 amide bonds. The molecule has 0 radical (unpaired) electrons. The Morgan fingerprint density at radius 2 is 1.89 bits per heavy atom. The Morgan fingerprint density at radius 3 is 2.67 bits per heavy atom. The quantitative estimate of drug-likeness (QED) is 0.339. The normalized spacial score (nSPS) is 10.7. The number of aromatic nitrogens is 1. The molecular formula is C26H22FN3O5S. The van der Waals surface area contributed by atoms with Gasteiger partial charge in [0, 0.05) is 27.6 Å². The number of methoxy groups -OCH3 is 1. The van der Waals surface area contributed by atoms with Crippen molar-refractivity contribution >= 4 is 39.0 Å². The molecule has 0 atom stereocenters. The number of hydrogen-bond acceptors (Lipinski definition) is 7. The zero-order chi connectivity index (χ0) is 25.7. The van der Waals surface area contributed by atoms with Crippen LogP contribution in [0.15, 0.2) is 60.0 Å². The molecule has 0 saturated heterocycles. The number of carbonyl (C=O) groups is 3. The summed E-state index contributed by atoms with van der Waals surface area (Å²) in [7, 11) is 1.40. The molecule has 3 N–H and O–H groups in total. The predicted octanol–water partition coefficient (Wildman–Crippen LogP) is 3.52. The van der Waals surface area contributed by atoms with Crippen LogP contribution in [0.3, 0.4) is 0 Å². The molecule has 4 aromatic rings. The number of ether oxygens (including phenoxy) is 2. The fourth-order valence-electron chi connectivity index (χ4n) is 3.57. The Bertz CT molecular complexity index is 1450. The van der Waals surface area contributed by atoms with Crippen LogP contribution in [0.25, 0.3) is 21.3 Å². The average Bonchev–Trinajstić information content (AvgIpc) is 3.31. The van der Waals surface area contributed by atoms with Crippen LogP contribution in [0, 0.1) is 5.82 Å². The lowest BCUT2D eigenvalue weighted by Gasteiger charge is -2.11. The number of rotatable bonds is 10. The second kappa shape index (κ2) is 11.0. The monoisotopic (exact) mass is 507 g/mol. The average molecular weight is 508 g/mol. The summed E-state index contributed by atoms with van der Waals surface area (Å²) < 4.78 is 25.0. The van der Waals surface area contributed by atoms with Crippen LogP contribution < -0.4 is 20.5 Å². The first-order valence-corrected chi connectivity index (χ1v) is 11.7. The standard InChI is InChI=1S/C26H22FN3O5S/c1-34-23-10-15(8-9-22(23)35-13-24(28)32)26(33)29-12-17(31)11-16-4-2-7-21(30-16)19-14-36-25-18(19)5-3-6-20(25)27/h2-10,14H,11-13H2,1H3,(H2,28,32)(H,29,33). The maximum Gasteiger partial charge on any atom is 0.255 e. The molecule has 4 rings (SSSR count). The van der Waals surface area contributed by atoms with Gasteiger partial charge >= 0.3 is 0 Å². The zero-order valence-electron chi connectivity index (χ0n) is 19.2. The van der Waals surface area contributed by atoms with E-state index in [4.69, 9.17) is 15.2 Å². The van der Waals surface area contributed by atoms with Gasteiger partial charge in [0.2, 0.25) is 0 Å². The number of pyridine rings is 1. The molecule has 2 aromatic heterocycles. The van der Waals surface area contributed by atoms with Gasteiger partial charge in [-0.2, -0.15) is 0 Å². The summed E-state index contributed by atoms with van der Waals surface area (Å²) in [5, 5.41) is 5.20. The van der Waals surface area contributed by atoms with Crippen LogP contribution in [0.5, 0.6) is 11.5 Å². The van der Waals surface area contributed by atoms with E-state index in [1.54, 1.807) is 18.2 Å². The summed E-state index contributed by atoms with van der Waals surface area (Å²) in [5.74, 6) is -1.13. The Labute approximate surface area is 209 Å². The van der Waals surface area contributed by atoms with Crippen LogP contribution in [0.1, 0.15) is 16.1 Å². The van der Waals surface area contributed by atoms with Gasteiger partial charge in [-0.3, -0.25) is 19.4 Å². The van der Waals surface area contributed by atoms with E-state index in [0.717, 1.165) is 10.9 Å². The fraction of sp³-hybridized carbons (Fsp3) is 0.154. The highest BCUT2D eigenvalue weighted by molar-refractivity contribution is 7.17. The van der Waals surface area contributed by atoms with Crippen molar-refractivity contribution in [2.45, 2.75) is 6.42 Å². The summed E-state index contributed by atoms with van der Waals surface area (Å²) in [5.41, 5.74) is 7.31. The molecule has 0 aliphatic carbocycles. The lowest BCUT2D eigenvalue weighted by Crippen LogP contribution is -2.30. The summed E-state index contributed by atoms with van der Waals surface area (Å²) in [6.07, 6.45) is 0.0216. The van der Waals surface area contributed by atoms with Gasteiger partial charge in [-0.05, 0) is 36.4 Å². The van der Waals surface area contributed by atoms with Crippen LogP contribution in [-0.2, 0) is 16.0 Å². The zero-order valence-corrected chi connectivity index (χ0v) is 20.1. The van der Waals surface area contributed by atoms with Crippen molar-refractivity contribution in [3.63, 3.8) is 0 Å². The number of primary amides is 1. The number of hydrogen-bond donors (Lipinski definition) is 2. The van der Waals surface area contributed by atoms with E-state index in [2.05, 4.69) is 10.3 Å². The number of ketones is 1. The predicted molar refractivity (Wildman–Crippen MR) is 134 cm³/mol. The highest BCUT2D eigenvalue weighted by atomic mass is 32.1. The molecule has 10 heteroatoms. The second-order valence-electron chi connectivity index (χ2n) is 7.80. The number of halogens is 1. The van der Waals surface area contributed by atoms with Crippen molar-refractivity contribution in [2.75, 3.05) is 20.3 Å². The van der Waals surface area contributed by atoms with Gasteiger partial charge in [-0.1, -0.05) is 18.2 Å². The van der Waals surface area contributed by atoms with Gasteiger partial charge < -0.3 is 20.5 Å². The van der Waals surface area contributed by atoms with Crippen molar-refractivity contribution < 1.29 is 28.2 Å². The number of nitrogens with zero attached hydrogens (tertiary/aromatic N) is 1. The number of nitrogens with two attached hydrogens (primary N) is 1. The van der Waals surface area contributed by atoms with Crippen LogP contribution in [0.4, 0.5) is 4.39 Å². The van der Waals surface area contributed by atoms with Crippen molar-refractivity contribution in [1.82, 2.24) is 10.3 Å². The highest BCUT2D eigenvalue weighted by Gasteiger charge is 2.15. The van der Waals surface area contributed by atoms with E-state index >= 15 is 0 Å². The van der Waals surface area contributed by atoms with Crippen LogP contribution >= 0.6 is 11.3 Å². The smallest absolute Gasteiger partial charge is 0.255 e. The number of benzene rings is 2. The minimum absolute atomic E-state index is 0.0216. The Balaban J connectivity index is 1.39. The molecular weight excluding hydrogens is 485 g/mol. The van der Waals surface area contributed by atoms with Gasteiger partial charge in [0.15, 0.2) is 23.9 Å². The van der Waals surface area contributed by atoms with Crippen LogP contribution in [-0.4, -0.2) is 42.8 Å². The summed E-state index contributed by atoms with van der Waals surface area (Å²) in [6, 6.07) is 14.6. The maximum atomic E-state index is 14.0. The third kappa shape index (κ3) is 5.66. The lowest BCUT2D eigenvalue weighted by atomic mass is 10.1. The molecule has 0 fully saturated rings. The third-order valence-electron chi connectivity index (χ3n) is 5.25. The van der Waals surface area contributed by atoms with E-state index in [1.807, 2.05) is 17.5 Å². The van der Waals surface area contributed by atoms with Gasteiger partial charge in [-0.15, -0.1) is 11.3 Å². The Morgan fingerprint density at radius 1 is 1.08 bits per heavy atom. The highest BCUT2D eigenvalue weighted by Crippen LogP contribution is 2.34. The molecule has 0 spiro atoms. The van der Waals surface area contributed by atoms with Crippen molar-refractivity contribution in [3.8, 4) is 22.8 Å². The number of fused-ring (bicyclic) bond motifs is 1. The van der Waals surface area contributed by atoms with Gasteiger partial charge in [0.1, 0.15) is 5.82 Å². The number of Topliss-reactive ketones (excluding diaryl/α,β-unsaturated/α-hetero) is 1.